The zero-order valence-corrected chi connectivity index (χ0v) is 18.7. The summed E-state index contributed by atoms with van der Waals surface area (Å²) in [6.45, 7) is 7.05. The largest absolute Gasteiger partial charge is 0.357 e. The minimum absolute atomic E-state index is 0. The molecule has 3 rings (SSSR count). The number of likely N-dealkylation sites (tertiary alicyclic amines) is 1. The monoisotopic (exact) mass is 485 g/mol. The van der Waals surface area contributed by atoms with E-state index in [1.165, 1.54) is 12.8 Å². The molecule has 7 heteroatoms. The number of rotatable bonds is 5. The predicted molar refractivity (Wildman–Crippen MR) is 119 cm³/mol. The second kappa shape index (κ2) is 10.8. The number of aryl methyl sites for hydroxylation is 1. The highest BCUT2D eigenvalue weighted by atomic mass is 127. The van der Waals surface area contributed by atoms with E-state index in [1.807, 2.05) is 30.0 Å². The molecule has 0 bridgehead atoms. The van der Waals surface area contributed by atoms with E-state index in [4.69, 9.17) is 0 Å². The molecule has 27 heavy (non-hydrogen) atoms. The number of aromatic nitrogens is 1. The van der Waals surface area contributed by atoms with Crippen LogP contribution in [0.5, 0.6) is 0 Å². The maximum Gasteiger partial charge on any atom is 0.225 e. The van der Waals surface area contributed by atoms with Crippen LogP contribution in [0.2, 0.25) is 0 Å². The van der Waals surface area contributed by atoms with Gasteiger partial charge in [0.2, 0.25) is 5.91 Å². The summed E-state index contributed by atoms with van der Waals surface area (Å²) in [5.41, 5.74) is 1.97. The van der Waals surface area contributed by atoms with E-state index in [-0.39, 0.29) is 35.9 Å². The van der Waals surface area contributed by atoms with Gasteiger partial charge in [-0.2, -0.15) is 0 Å². The second-order valence-electron chi connectivity index (χ2n) is 7.36. The fourth-order valence-electron chi connectivity index (χ4n) is 3.87. The van der Waals surface area contributed by atoms with Crippen LogP contribution < -0.4 is 10.6 Å². The number of pyridine rings is 1. The summed E-state index contributed by atoms with van der Waals surface area (Å²) in [4.78, 5) is 23.8. The van der Waals surface area contributed by atoms with Crippen LogP contribution >= 0.6 is 24.0 Å². The number of amides is 1. The lowest BCUT2D eigenvalue weighted by Crippen LogP contribution is -2.45. The highest BCUT2D eigenvalue weighted by Crippen LogP contribution is 2.27. The van der Waals surface area contributed by atoms with Crippen LogP contribution in [-0.4, -0.2) is 47.4 Å². The van der Waals surface area contributed by atoms with E-state index in [2.05, 4.69) is 27.5 Å². The second-order valence-corrected chi connectivity index (χ2v) is 7.36. The third kappa shape index (κ3) is 6.33. The molecule has 6 nitrogen and oxygen atoms in total. The molecule has 0 radical (unpaired) electrons. The first-order valence-corrected chi connectivity index (χ1v) is 9.92. The minimum Gasteiger partial charge on any atom is -0.357 e. The van der Waals surface area contributed by atoms with Gasteiger partial charge in [-0.1, -0.05) is 18.9 Å². The molecule has 1 aromatic heterocycles. The summed E-state index contributed by atoms with van der Waals surface area (Å²) in [7, 11) is 0. The van der Waals surface area contributed by atoms with Crippen molar-refractivity contribution in [2.24, 2.45) is 10.9 Å². The SMILES string of the molecule is CCNC(=NCc1cccc(C)n1)NC1CCN(C(=O)C2CCCC2)C1.I. The zero-order chi connectivity index (χ0) is 18.4. The van der Waals surface area contributed by atoms with Crippen LogP contribution in [0.1, 0.15) is 50.4 Å². The van der Waals surface area contributed by atoms with Gasteiger partial charge < -0.3 is 15.5 Å². The Morgan fingerprint density at radius 1 is 1.30 bits per heavy atom. The van der Waals surface area contributed by atoms with Gasteiger partial charge in [0.1, 0.15) is 0 Å². The number of halogens is 1. The highest BCUT2D eigenvalue weighted by molar-refractivity contribution is 14.0. The number of guanidine groups is 1. The number of hydrogen-bond acceptors (Lipinski definition) is 3. The molecule has 1 unspecified atom stereocenters. The molecule has 2 fully saturated rings. The van der Waals surface area contributed by atoms with Crippen LogP contribution in [0.4, 0.5) is 0 Å². The molecule has 1 saturated heterocycles. The van der Waals surface area contributed by atoms with Gasteiger partial charge in [-0.05, 0) is 45.2 Å². The number of nitrogens with one attached hydrogen (secondary N) is 2. The van der Waals surface area contributed by atoms with Crippen LogP contribution in [0.15, 0.2) is 23.2 Å². The lowest BCUT2D eigenvalue weighted by Gasteiger charge is -2.21. The first-order valence-electron chi connectivity index (χ1n) is 9.92. The van der Waals surface area contributed by atoms with Gasteiger partial charge in [0.05, 0.1) is 12.2 Å². The zero-order valence-electron chi connectivity index (χ0n) is 16.4. The van der Waals surface area contributed by atoms with E-state index < -0.39 is 0 Å². The smallest absolute Gasteiger partial charge is 0.225 e. The van der Waals surface area contributed by atoms with E-state index in [1.54, 1.807) is 0 Å². The molecular formula is C20H32IN5O. The standard InChI is InChI=1S/C20H31N5O.HI/c1-3-21-20(22-13-17-10-6-7-15(2)23-17)24-18-11-12-25(14-18)19(26)16-8-4-5-9-16;/h6-7,10,16,18H,3-5,8-9,11-14H2,1-2H3,(H2,21,22,24);1H. The van der Waals surface area contributed by atoms with Gasteiger partial charge >= 0.3 is 0 Å². The number of carbonyl (C=O) groups excluding carboxylic acids is 1. The lowest BCUT2D eigenvalue weighted by molar-refractivity contribution is -0.134. The Labute approximate surface area is 179 Å². The van der Waals surface area contributed by atoms with Gasteiger partial charge in [-0.25, -0.2) is 4.99 Å². The maximum absolute atomic E-state index is 12.6. The van der Waals surface area contributed by atoms with Crippen molar-refractivity contribution >= 4 is 35.8 Å². The number of nitrogens with zero attached hydrogens (tertiary/aromatic N) is 3. The molecule has 2 aliphatic rings. The molecule has 0 aromatic carbocycles. The quantitative estimate of drug-likeness (QED) is 0.383. The third-order valence-electron chi connectivity index (χ3n) is 5.23. The summed E-state index contributed by atoms with van der Waals surface area (Å²) < 4.78 is 0. The number of hydrogen-bond donors (Lipinski definition) is 2. The van der Waals surface area contributed by atoms with Crippen molar-refractivity contribution in [3.8, 4) is 0 Å². The van der Waals surface area contributed by atoms with Crippen LogP contribution in [-0.2, 0) is 11.3 Å². The Morgan fingerprint density at radius 2 is 2.07 bits per heavy atom. The van der Waals surface area contributed by atoms with E-state index in [9.17, 15) is 4.79 Å². The summed E-state index contributed by atoms with van der Waals surface area (Å²) >= 11 is 0. The van der Waals surface area contributed by atoms with Crippen molar-refractivity contribution < 1.29 is 4.79 Å². The van der Waals surface area contributed by atoms with Crippen molar-refractivity contribution in [2.45, 2.75) is 58.5 Å². The molecule has 2 heterocycles. The van der Waals surface area contributed by atoms with Crippen molar-refractivity contribution in [3.63, 3.8) is 0 Å². The fourth-order valence-corrected chi connectivity index (χ4v) is 3.87. The summed E-state index contributed by atoms with van der Waals surface area (Å²) in [5.74, 6) is 1.43. The van der Waals surface area contributed by atoms with Crippen molar-refractivity contribution in [2.75, 3.05) is 19.6 Å². The lowest BCUT2D eigenvalue weighted by atomic mass is 10.1. The highest BCUT2D eigenvalue weighted by Gasteiger charge is 2.32. The first kappa shape index (κ1) is 21.9. The molecule has 1 aromatic rings. The molecule has 1 atom stereocenters. The van der Waals surface area contributed by atoms with Gasteiger partial charge in [0.25, 0.3) is 0 Å². The van der Waals surface area contributed by atoms with Crippen molar-refractivity contribution in [1.29, 1.82) is 0 Å². The van der Waals surface area contributed by atoms with Gasteiger partial charge in [-0.15, -0.1) is 24.0 Å². The summed E-state index contributed by atoms with van der Waals surface area (Å²) in [5, 5.41) is 6.80. The molecule has 1 saturated carbocycles. The van der Waals surface area contributed by atoms with Crippen LogP contribution in [0.25, 0.3) is 0 Å². The van der Waals surface area contributed by atoms with E-state index >= 15 is 0 Å². The van der Waals surface area contributed by atoms with Gasteiger partial charge in [0.15, 0.2) is 5.96 Å². The Bertz CT molecular complexity index is 645. The number of carbonyl (C=O) groups is 1. The molecular weight excluding hydrogens is 453 g/mol. The first-order chi connectivity index (χ1) is 12.7. The Hall–Kier alpha value is -1.38. The fraction of sp³-hybridized carbons (Fsp3) is 0.650. The van der Waals surface area contributed by atoms with E-state index in [0.29, 0.717) is 12.5 Å². The van der Waals surface area contributed by atoms with E-state index in [0.717, 1.165) is 56.2 Å². The van der Waals surface area contributed by atoms with Gasteiger partial charge in [-0.3, -0.25) is 9.78 Å². The molecule has 1 aliphatic heterocycles. The third-order valence-corrected chi connectivity index (χ3v) is 5.23. The average Bonchev–Trinajstić information content (AvgIpc) is 3.31. The molecule has 1 aliphatic carbocycles. The molecule has 2 N–H and O–H groups in total. The predicted octanol–water partition coefficient (Wildman–Crippen LogP) is 2.85. The Balaban J connectivity index is 0.00000261. The average molecular weight is 485 g/mol. The van der Waals surface area contributed by atoms with Crippen molar-refractivity contribution in [1.82, 2.24) is 20.5 Å². The van der Waals surface area contributed by atoms with Gasteiger partial charge in [0, 0.05) is 37.3 Å². The summed E-state index contributed by atoms with van der Waals surface area (Å²) in [6.07, 6.45) is 5.53. The summed E-state index contributed by atoms with van der Waals surface area (Å²) in [6, 6.07) is 6.27. The number of aliphatic imine (C=N–C) groups is 1. The topological polar surface area (TPSA) is 69.6 Å². The maximum atomic E-state index is 12.6. The van der Waals surface area contributed by atoms with Crippen LogP contribution in [0.3, 0.4) is 0 Å². The molecule has 1 amide bonds. The van der Waals surface area contributed by atoms with Crippen molar-refractivity contribution in [3.05, 3.63) is 29.6 Å². The molecule has 150 valence electrons. The van der Waals surface area contributed by atoms with Crippen LogP contribution in [0, 0.1) is 12.8 Å². The minimum atomic E-state index is 0. The Kier molecular flexibility index (Phi) is 8.79. The normalized spacial score (nSPS) is 20.4. The Morgan fingerprint density at radius 3 is 2.78 bits per heavy atom. The molecule has 0 spiro atoms.